The van der Waals surface area contributed by atoms with Gasteiger partial charge in [-0.2, -0.15) is 0 Å². The van der Waals surface area contributed by atoms with Crippen LogP contribution in [-0.4, -0.2) is 112 Å². The third-order valence-electron chi connectivity index (χ3n) is 12.5. The lowest BCUT2D eigenvalue weighted by Crippen LogP contribution is -2.62. The lowest BCUT2D eigenvalue weighted by atomic mass is 9.45. The van der Waals surface area contributed by atoms with Gasteiger partial charge in [0.05, 0.1) is 61.4 Å². The number of fused-ring (bicyclic) bond motifs is 2. The maximum Gasteiger partial charge on any atom is 0.341 e. The zero-order chi connectivity index (χ0) is 36.8. The monoisotopic (exact) mass is 713 g/mol. The molecule has 2 aromatic rings. The van der Waals surface area contributed by atoms with E-state index in [0.717, 1.165) is 48.1 Å². The Morgan fingerprint density at radius 2 is 2.04 bits per heavy atom. The lowest BCUT2D eigenvalue weighted by molar-refractivity contribution is -0.163. The molecular weight excluding hydrogens is 662 g/mol. The van der Waals surface area contributed by atoms with Crippen LogP contribution in [0.2, 0.25) is 0 Å². The minimum Gasteiger partial charge on any atom is -0.423 e. The standard InChI is InChI=1S/C39H51N7O6/c1-23-28(38(3)9-8-34(48)39(4,21-47)33(38)20-32(23)46-12-14-51-15-13-46)19-29(43-24(2)35(49)44-37-40-10-11-41-37)27-18-26(52-36(27)50)16-25-6-7-31-30(17-25)42-22-45(31)5/h6-7,10,16-18,22,24,28-29,32-34,43,47-48H,1,8-9,11-15,19-21H2,2-5H3,(H,41,44,49)/b26-16+/t24?,28?,29?,32?,33?,34-,38-,39+/m1/s1. The Morgan fingerprint density at radius 3 is 2.77 bits per heavy atom. The van der Waals surface area contributed by atoms with Crippen LogP contribution in [0.4, 0.5) is 0 Å². The molecule has 13 heteroatoms. The van der Waals surface area contributed by atoms with Gasteiger partial charge in [-0.3, -0.25) is 20.3 Å². The molecule has 13 nitrogen and oxygen atoms in total. The van der Waals surface area contributed by atoms with E-state index in [-0.39, 0.29) is 41.8 Å². The maximum atomic E-state index is 13.8. The van der Waals surface area contributed by atoms with E-state index in [0.29, 0.717) is 43.9 Å². The third kappa shape index (κ3) is 6.69. The third-order valence-corrected chi connectivity index (χ3v) is 12.5. The number of hydrogen-bond donors (Lipinski definition) is 4. The number of aromatic nitrogens is 2. The molecule has 0 spiro atoms. The molecule has 1 aromatic carbocycles. The number of aryl methyl sites for hydroxylation is 1. The highest BCUT2D eigenvalue weighted by Gasteiger charge is 2.60. The van der Waals surface area contributed by atoms with E-state index < -0.39 is 29.6 Å². The first-order valence-corrected chi connectivity index (χ1v) is 18.4. The minimum absolute atomic E-state index is 0.00393. The second-order valence-electron chi connectivity index (χ2n) is 15.6. The highest BCUT2D eigenvalue weighted by atomic mass is 16.5. The molecule has 2 aliphatic carbocycles. The van der Waals surface area contributed by atoms with Crippen LogP contribution in [0.25, 0.3) is 17.1 Å². The summed E-state index contributed by atoms with van der Waals surface area (Å²) >= 11 is 0. The smallest absolute Gasteiger partial charge is 0.341 e. The number of rotatable bonds is 9. The highest BCUT2D eigenvalue weighted by molar-refractivity contribution is 6.04. The number of hydrogen-bond acceptors (Lipinski definition) is 11. The molecule has 0 bridgehead atoms. The normalized spacial score (nSPS) is 32.8. The summed E-state index contributed by atoms with van der Waals surface area (Å²) in [6.45, 7) is 13.8. The quantitative estimate of drug-likeness (QED) is 0.226. The number of carbonyl (C=O) groups is 2. The average Bonchev–Trinajstić information content (AvgIpc) is 3.88. The van der Waals surface area contributed by atoms with Gasteiger partial charge >= 0.3 is 5.97 Å². The van der Waals surface area contributed by atoms with Gasteiger partial charge in [0.25, 0.3) is 0 Å². The van der Waals surface area contributed by atoms with E-state index >= 15 is 0 Å². The van der Waals surface area contributed by atoms with E-state index in [1.54, 1.807) is 25.5 Å². The number of nitrogens with zero attached hydrogens (tertiary/aromatic N) is 5. The molecule has 3 aliphatic heterocycles. The molecule has 52 heavy (non-hydrogen) atoms. The Kier molecular flexibility index (Phi) is 10.1. The van der Waals surface area contributed by atoms with Gasteiger partial charge in [0.1, 0.15) is 5.76 Å². The molecule has 2 saturated carbocycles. The summed E-state index contributed by atoms with van der Waals surface area (Å²) in [7, 11) is 1.94. The van der Waals surface area contributed by atoms with E-state index in [1.807, 2.05) is 42.8 Å². The zero-order valence-corrected chi connectivity index (χ0v) is 30.5. The lowest BCUT2D eigenvalue weighted by Gasteiger charge is -2.62. The van der Waals surface area contributed by atoms with Crippen molar-refractivity contribution in [3.63, 3.8) is 0 Å². The predicted molar refractivity (Wildman–Crippen MR) is 198 cm³/mol. The van der Waals surface area contributed by atoms with E-state index in [1.165, 1.54) is 0 Å². The van der Waals surface area contributed by atoms with Crippen molar-refractivity contribution >= 4 is 41.2 Å². The van der Waals surface area contributed by atoms with Crippen LogP contribution >= 0.6 is 0 Å². The first kappa shape index (κ1) is 36.4. The summed E-state index contributed by atoms with van der Waals surface area (Å²) in [4.78, 5) is 42.5. The van der Waals surface area contributed by atoms with Crippen LogP contribution in [0, 0.1) is 22.7 Å². The van der Waals surface area contributed by atoms with Crippen molar-refractivity contribution in [2.75, 3.05) is 39.5 Å². The molecule has 3 fully saturated rings. The summed E-state index contributed by atoms with van der Waals surface area (Å²) in [5, 5.41) is 28.5. The number of aliphatic hydroxyl groups is 2. The van der Waals surface area contributed by atoms with Crippen molar-refractivity contribution in [3.8, 4) is 0 Å². The molecule has 7 rings (SSSR count). The molecule has 5 aliphatic rings. The van der Waals surface area contributed by atoms with Crippen LogP contribution in [0.1, 0.15) is 52.0 Å². The summed E-state index contributed by atoms with van der Waals surface area (Å²) in [6.07, 6.45) is 8.85. The van der Waals surface area contributed by atoms with E-state index in [2.05, 4.69) is 37.4 Å². The number of amides is 1. The number of nitrogens with one attached hydrogen (secondary N) is 2. The Hall–Kier alpha value is -4.01. The van der Waals surface area contributed by atoms with Gasteiger partial charge in [-0.25, -0.2) is 19.8 Å². The Labute approximate surface area is 304 Å². The zero-order valence-electron chi connectivity index (χ0n) is 30.5. The Balaban J connectivity index is 1.25. The Morgan fingerprint density at radius 1 is 1.25 bits per heavy atom. The van der Waals surface area contributed by atoms with Gasteiger partial charge in [0.15, 0.2) is 0 Å². The number of cyclic esters (lactones) is 1. The molecule has 1 saturated heterocycles. The molecule has 0 radical (unpaired) electrons. The number of esters is 1. The fraction of sp³-hybridized carbons (Fsp3) is 0.564. The van der Waals surface area contributed by atoms with Crippen molar-refractivity contribution in [1.29, 1.82) is 0 Å². The van der Waals surface area contributed by atoms with Gasteiger partial charge < -0.3 is 24.3 Å². The summed E-state index contributed by atoms with van der Waals surface area (Å²) in [5.74, 6) is -0.285. The minimum atomic E-state index is -0.719. The van der Waals surface area contributed by atoms with Gasteiger partial charge in [-0.05, 0) is 79.7 Å². The second kappa shape index (κ2) is 14.4. The number of imidazole rings is 1. The van der Waals surface area contributed by atoms with E-state index in [4.69, 9.17) is 16.1 Å². The number of ether oxygens (including phenoxy) is 2. The molecule has 278 valence electrons. The number of morpholine rings is 1. The van der Waals surface area contributed by atoms with Crippen molar-refractivity contribution in [3.05, 3.63) is 59.7 Å². The topological polar surface area (TPSA) is 163 Å². The van der Waals surface area contributed by atoms with Crippen molar-refractivity contribution < 1.29 is 29.3 Å². The number of carbonyl (C=O) groups excluding carboxylic acids is 2. The summed E-state index contributed by atoms with van der Waals surface area (Å²) in [6, 6.07) is 4.58. The van der Waals surface area contributed by atoms with Crippen LogP contribution in [0.3, 0.4) is 0 Å². The molecule has 5 unspecified atom stereocenters. The van der Waals surface area contributed by atoms with Crippen molar-refractivity contribution in [2.24, 2.45) is 39.7 Å². The van der Waals surface area contributed by atoms with E-state index in [9.17, 15) is 19.8 Å². The first-order chi connectivity index (χ1) is 24.9. The SMILES string of the molecule is C=C1C(N2CCOCC2)CC2[C@](C)(CC[C@@H](O)[C@@]2(C)CO)C1CC(NC(C)C(=O)NC1=NCC=N1)C1=C/C(=C\c2ccc3c(c2)ncn3C)OC1=O. The molecule has 1 aromatic heterocycles. The summed E-state index contributed by atoms with van der Waals surface area (Å²) < 4.78 is 13.5. The highest BCUT2D eigenvalue weighted by Crippen LogP contribution is 2.62. The molecule has 1 amide bonds. The number of guanidine groups is 1. The second-order valence-corrected chi connectivity index (χ2v) is 15.6. The Bertz CT molecular complexity index is 1860. The fourth-order valence-electron chi connectivity index (χ4n) is 9.44. The van der Waals surface area contributed by atoms with Gasteiger partial charge in [-0.15, -0.1) is 0 Å². The van der Waals surface area contributed by atoms with Crippen LogP contribution in [0.15, 0.2) is 64.1 Å². The molecular formula is C39H51N7O6. The number of allylic oxidation sites excluding steroid dienone is 1. The van der Waals surface area contributed by atoms with Gasteiger partial charge in [0.2, 0.25) is 11.9 Å². The number of benzene rings is 1. The average molecular weight is 714 g/mol. The fourth-order valence-corrected chi connectivity index (χ4v) is 9.44. The largest absolute Gasteiger partial charge is 0.423 e. The number of aliphatic hydroxyl groups excluding tert-OH is 2. The predicted octanol–water partition coefficient (Wildman–Crippen LogP) is 2.74. The van der Waals surface area contributed by atoms with Crippen molar-refractivity contribution in [1.82, 2.24) is 25.1 Å². The molecule has 4 heterocycles. The first-order valence-electron chi connectivity index (χ1n) is 18.4. The molecule has 4 N–H and O–H groups in total. The van der Waals surface area contributed by atoms with Crippen LogP contribution in [0.5, 0.6) is 0 Å². The van der Waals surface area contributed by atoms with Crippen molar-refractivity contribution in [2.45, 2.75) is 70.7 Å². The van der Waals surface area contributed by atoms with Crippen LogP contribution in [-0.2, 0) is 26.1 Å². The summed E-state index contributed by atoms with van der Waals surface area (Å²) in [5.41, 5.74) is 3.10. The van der Waals surface area contributed by atoms with Gasteiger partial charge in [0, 0.05) is 43.9 Å². The van der Waals surface area contributed by atoms with Gasteiger partial charge in [-0.1, -0.05) is 32.1 Å². The van der Waals surface area contributed by atoms with Crippen LogP contribution < -0.4 is 10.6 Å². The number of aliphatic imine (C=N–C) groups is 2. The molecule has 8 atom stereocenters. The maximum absolute atomic E-state index is 13.8.